The van der Waals surface area contributed by atoms with Crippen molar-refractivity contribution in [2.75, 3.05) is 6.54 Å². The van der Waals surface area contributed by atoms with Gasteiger partial charge < -0.3 is 9.73 Å². The lowest BCUT2D eigenvalue weighted by atomic mass is 9.89. The summed E-state index contributed by atoms with van der Waals surface area (Å²) in [5.74, 6) is 1.87. The van der Waals surface area contributed by atoms with Crippen molar-refractivity contribution in [1.82, 2.24) is 5.32 Å². The summed E-state index contributed by atoms with van der Waals surface area (Å²) in [5, 5.41) is 3.62. The molecule has 2 atom stereocenters. The standard InChI is InChI=1S/C15H27NO/c1-4-7-9-13(5-2)15(16-6-3)12-14-10-8-11-17-14/h8,10-11,13,15-16H,4-7,9,12H2,1-3H3. The van der Waals surface area contributed by atoms with Crippen molar-refractivity contribution in [2.24, 2.45) is 5.92 Å². The zero-order valence-electron chi connectivity index (χ0n) is 11.5. The van der Waals surface area contributed by atoms with Gasteiger partial charge in [-0.2, -0.15) is 0 Å². The molecule has 0 spiro atoms. The molecule has 1 aromatic heterocycles. The molecule has 0 fully saturated rings. The summed E-state index contributed by atoms with van der Waals surface area (Å²) in [4.78, 5) is 0. The summed E-state index contributed by atoms with van der Waals surface area (Å²) in [5.41, 5.74) is 0. The van der Waals surface area contributed by atoms with Crippen LogP contribution in [-0.4, -0.2) is 12.6 Å². The molecule has 17 heavy (non-hydrogen) atoms. The maximum absolute atomic E-state index is 5.47. The minimum absolute atomic E-state index is 0.558. The zero-order valence-corrected chi connectivity index (χ0v) is 11.5. The minimum Gasteiger partial charge on any atom is -0.469 e. The molecule has 0 aliphatic heterocycles. The number of hydrogen-bond acceptors (Lipinski definition) is 2. The van der Waals surface area contributed by atoms with Gasteiger partial charge in [-0.15, -0.1) is 0 Å². The molecular weight excluding hydrogens is 210 g/mol. The fourth-order valence-corrected chi connectivity index (χ4v) is 2.47. The molecule has 0 aromatic carbocycles. The van der Waals surface area contributed by atoms with Crippen LogP contribution in [0.4, 0.5) is 0 Å². The zero-order chi connectivity index (χ0) is 12.5. The van der Waals surface area contributed by atoms with Gasteiger partial charge in [0.2, 0.25) is 0 Å². The van der Waals surface area contributed by atoms with E-state index in [2.05, 4.69) is 32.2 Å². The van der Waals surface area contributed by atoms with Crippen LogP contribution in [0, 0.1) is 5.92 Å². The van der Waals surface area contributed by atoms with Crippen molar-refractivity contribution in [1.29, 1.82) is 0 Å². The smallest absolute Gasteiger partial charge is 0.105 e. The van der Waals surface area contributed by atoms with Gasteiger partial charge in [0.05, 0.1) is 6.26 Å². The molecule has 98 valence electrons. The highest BCUT2D eigenvalue weighted by atomic mass is 16.3. The monoisotopic (exact) mass is 237 g/mol. The predicted octanol–water partition coefficient (Wildman–Crippen LogP) is 4.02. The first kappa shape index (κ1) is 14.3. The highest BCUT2D eigenvalue weighted by Gasteiger charge is 2.19. The molecule has 2 unspecified atom stereocenters. The van der Waals surface area contributed by atoms with Crippen molar-refractivity contribution in [3.63, 3.8) is 0 Å². The minimum atomic E-state index is 0.558. The molecule has 0 bridgehead atoms. The van der Waals surface area contributed by atoms with Gasteiger partial charge in [0, 0.05) is 12.5 Å². The van der Waals surface area contributed by atoms with Crippen LogP contribution in [0.1, 0.15) is 52.2 Å². The summed E-state index contributed by atoms with van der Waals surface area (Å²) in [6.07, 6.45) is 7.98. The van der Waals surface area contributed by atoms with Crippen LogP contribution >= 0.6 is 0 Å². The molecule has 1 N–H and O–H groups in total. The van der Waals surface area contributed by atoms with Crippen molar-refractivity contribution in [3.8, 4) is 0 Å². The summed E-state index contributed by atoms with van der Waals surface area (Å²) < 4.78 is 5.47. The number of nitrogens with one attached hydrogen (secondary N) is 1. The second-order valence-electron chi connectivity index (χ2n) is 4.76. The Morgan fingerprint density at radius 1 is 1.29 bits per heavy atom. The second-order valence-corrected chi connectivity index (χ2v) is 4.76. The SMILES string of the molecule is CCCCC(CC)C(Cc1ccco1)NCC. The van der Waals surface area contributed by atoms with E-state index in [1.54, 1.807) is 6.26 Å². The van der Waals surface area contributed by atoms with Crippen LogP contribution in [0.2, 0.25) is 0 Å². The lowest BCUT2D eigenvalue weighted by molar-refractivity contribution is 0.305. The van der Waals surface area contributed by atoms with E-state index in [0.29, 0.717) is 6.04 Å². The van der Waals surface area contributed by atoms with Crippen LogP contribution < -0.4 is 5.32 Å². The normalized spacial score (nSPS) is 14.8. The Kier molecular flexibility index (Phi) is 7.02. The molecule has 1 rings (SSSR count). The Labute approximate surface area is 106 Å². The molecule has 0 amide bonds. The third kappa shape index (κ3) is 4.95. The van der Waals surface area contributed by atoms with Gasteiger partial charge in [-0.1, -0.05) is 40.0 Å². The fraction of sp³-hybridized carbons (Fsp3) is 0.733. The second kappa shape index (κ2) is 8.35. The van der Waals surface area contributed by atoms with Gasteiger partial charge in [-0.05, 0) is 31.0 Å². The molecule has 2 nitrogen and oxygen atoms in total. The lowest BCUT2D eigenvalue weighted by Crippen LogP contribution is -2.37. The summed E-state index contributed by atoms with van der Waals surface area (Å²) in [6, 6.07) is 4.62. The molecule has 1 heterocycles. The fourth-order valence-electron chi connectivity index (χ4n) is 2.47. The van der Waals surface area contributed by atoms with Gasteiger partial charge in [0.15, 0.2) is 0 Å². The Morgan fingerprint density at radius 2 is 2.12 bits per heavy atom. The van der Waals surface area contributed by atoms with Gasteiger partial charge in [0.1, 0.15) is 5.76 Å². The first-order chi connectivity index (χ1) is 8.31. The molecule has 0 aliphatic rings. The third-order valence-electron chi connectivity index (χ3n) is 3.49. The van der Waals surface area contributed by atoms with Crippen LogP contribution in [0.5, 0.6) is 0 Å². The van der Waals surface area contributed by atoms with E-state index in [1.165, 1.54) is 25.7 Å². The molecular formula is C15H27NO. The maximum Gasteiger partial charge on any atom is 0.105 e. The number of unbranched alkanes of at least 4 members (excludes halogenated alkanes) is 1. The number of likely N-dealkylation sites (N-methyl/N-ethyl adjacent to an activating group) is 1. The number of hydrogen-bond donors (Lipinski definition) is 1. The average Bonchev–Trinajstić information content (AvgIpc) is 2.83. The summed E-state index contributed by atoms with van der Waals surface area (Å²) in [6.45, 7) is 7.78. The van der Waals surface area contributed by atoms with E-state index in [-0.39, 0.29) is 0 Å². The van der Waals surface area contributed by atoms with Gasteiger partial charge in [-0.25, -0.2) is 0 Å². The van der Waals surface area contributed by atoms with Crippen molar-refractivity contribution in [3.05, 3.63) is 24.2 Å². The van der Waals surface area contributed by atoms with E-state index in [9.17, 15) is 0 Å². The van der Waals surface area contributed by atoms with Gasteiger partial charge in [0.25, 0.3) is 0 Å². The largest absolute Gasteiger partial charge is 0.469 e. The number of rotatable bonds is 9. The topological polar surface area (TPSA) is 25.2 Å². The van der Waals surface area contributed by atoms with Crippen LogP contribution in [0.3, 0.4) is 0 Å². The molecule has 0 saturated carbocycles. The highest BCUT2D eigenvalue weighted by Crippen LogP contribution is 2.20. The maximum atomic E-state index is 5.47. The quantitative estimate of drug-likeness (QED) is 0.702. The third-order valence-corrected chi connectivity index (χ3v) is 3.49. The van der Waals surface area contributed by atoms with E-state index >= 15 is 0 Å². The van der Waals surface area contributed by atoms with Gasteiger partial charge in [-0.3, -0.25) is 0 Å². The first-order valence-electron chi connectivity index (χ1n) is 7.07. The van der Waals surface area contributed by atoms with Crippen molar-refractivity contribution < 1.29 is 4.42 Å². The Balaban J connectivity index is 2.55. The Hall–Kier alpha value is -0.760. The van der Waals surface area contributed by atoms with E-state index in [1.807, 2.05) is 6.07 Å². The lowest BCUT2D eigenvalue weighted by Gasteiger charge is -2.26. The van der Waals surface area contributed by atoms with Crippen molar-refractivity contribution in [2.45, 2.75) is 58.9 Å². The Bertz CT molecular complexity index is 268. The van der Waals surface area contributed by atoms with E-state index in [4.69, 9.17) is 4.42 Å². The van der Waals surface area contributed by atoms with Crippen LogP contribution in [0.25, 0.3) is 0 Å². The Morgan fingerprint density at radius 3 is 2.65 bits per heavy atom. The summed E-state index contributed by atoms with van der Waals surface area (Å²) >= 11 is 0. The molecule has 0 saturated heterocycles. The van der Waals surface area contributed by atoms with E-state index < -0.39 is 0 Å². The molecule has 0 aliphatic carbocycles. The van der Waals surface area contributed by atoms with E-state index in [0.717, 1.165) is 24.6 Å². The van der Waals surface area contributed by atoms with Crippen LogP contribution in [-0.2, 0) is 6.42 Å². The first-order valence-corrected chi connectivity index (χ1v) is 7.07. The number of furan rings is 1. The van der Waals surface area contributed by atoms with Crippen LogP contribution in [0.15, 0.2) is 22.8 Å². The van der Waals surface area contributed by atoms with Gasteiger partial charge >= 0.3 is 0 Å². The highest BCUT2D eigenvalue weighted by molar-refractivity contribution is 5.01. The van der Waals surface area contributed by atoms with Crippen molar-refractivity contribution >= 4 is 0 Å². The molecule has 0 radical (unpaired) electrons. The average molecular weight is 237 g/mol. The molecule has 2 heteroatoms. The predicted molar refractivity (Wildman–Crippen MR) is 73.2 cm³/mol. The summed E-state index contributed by atoms with van der Waals surface area (Å²) in [7, 11) is 0. The molecule has 1 aromatic rings.